The van der Waals surface area contributed by atoms with Crippen molar-refractivity contribution in [2.45, 2.75) is 64.9 Å². The molecule has 1 aliphatic rings. The predicted molar refractivity (Wildman–Crippen MR) is 136 cm³/mol. The molecule has 2 aromatic rings. The van der Waals surface area contributed by atoms with Crippen LogP contribution in [0.2, 0.25) is 0 Å². The predicted octanol–water partition coefficient (Wildman–Crippen LogP) is 1.60. The summed E-state index contributed by atoms with van der Waals surface area (Å²) in [7, 11) is 1.48. The molecular formula is C26H38N4O6. The molecule has 1 aromatic heterocycles. The number of aromatic nitrogens is 1. The number of aliphatic hydroxyl groups is 2. The number of nitrogens with zero attached hydrogens (tertiary/aromatic N) is 2. The minimum atomic E-state index is -1.33. The number of aliphatic hydroxyl groups excluding tert-OH is 2. The Labute approximate surface area is 211 Å². The second-order valence-electron chi connectivity index (χ2n) is 10.3. The molecular weight excluding hydrogens is 464 g/mol. The third-order valence-corrected chi connectivity index (χ3v) is 6.32. The van der Waals surface area contributed by atoms with E-state index in [1.54, 1.807) is 4.90 Å². The van der Waals surface area contributed by atoms with Gasteiger partial charge in [0.15, 0.2) is 6.61 Å². The monoisotopic (exact) mass is 502 g/mol. The maximum atomic E-state index is 13.1. The molecule has 1 fully saturated rings. The number of H-pyrrole nitrogens is 1. The van der Waals surface area contributed by atoms with Crippen molar-refractivity contribution < 1.29 is 29.4 Å². The van der Waals surface area contributed by atoms with Gasteiger partial charge in [-0.3, -0.25) is 9.59 Å². The van der Waals surface area contributed by atoms with Crippen LogP contribution in [0.15, 0.2) is 35.6 Å². The van der Waals surface area contributed by atoms with Crippen LogP contribution in [0.5, 0.6) is 0 Å². The fraction of sp³-hybridized carbons (Fsp3) is 0.577. The molecule has 0 bridgehead atoms. The van der Waals surface area contributed by atoms with Gasteiger partial charge >= 0.3 is 0 Å². The first kappa shape index (κ1) is 27.6. The number of aromatic amines is 1. The number of carbonyl (C=O) groups excluding carboxylic acids is 2. The number of benzene rings is 1. The Kier molecular flexibility index (Phi) is 9.10. The van der Waals surface area contributed by atoms with Gasteiger partial charge in [0.1, 0.15) is 24.0 Å². The molecule has 1 aliphatic heterocycles. The molecule has 1 aromatic carbocycles. The zero-order chi connectivity index (χ0) is 26.5. The molecule has 10 nitrogen and oxygen atoms in total. The summed E-state index contributed by atoms with van der Waals surface area (Å²) in [6, 6.07) is 7.04. The van der Waals surface area contributed by atoms with Crippen molar-refractivity contribution in [3.05, 3.63) is 36.0 Å². The molecule has 0 spiro atoms. The highest BCUT2D eigenvalue weighted by Crippen LogP contribution is 2.25. The maximum absolute atomic E-state index is 13.1. The Morgan fingerprint density at radius 1 is 1.22 bits per heavy atom. The molecule has 0 radical (unpaired) electrons. The SMILES string of the molecule is CO[C@H](/C(=N/OCC(=O)NC(Cc1c[nH]c2ccccc12)C(=O)N1CCC1)C(O)C(C)O)C(C)(C)C. The number of amides is 2. The molecule has 3 rings (SSSR count). The highest BCUT2D eigenvalue weighted by Gasteiger charge is 2.36. The number of hydrogen-bond acceptors (Lipinski definition) is 7. The first-order valence-corrected chi connectivity index (χ1v) is 12.2. The number of methoxy groups -OCH3 is 1. The van der Waals surface area contributed by atoms with Crippen molar-refractivity contribution in [1.82, 2.24) is 15.2 Å². The van der Waals surface area contributed by atoms with Crippen molar-refractivity contribution in [3.8, 4) is 0 Å². The number of likely N-dealkylation sites (tertiary alicyclic amines) is 1. The number of ether oxygens (including phenoxy) is 1. The topological polar surface area (TPSA) is 136 Å². The molecule has 198 valence electrons. The van der Waals surface area contributed by atoms with Crippen LogP contribution in [-0.4, -0.2) is 88.8 Å². The molecule has 3 unspecified atom stereocenters. The zero-order valence-electron chi connectivity index (χ0n) is 21.7. The minimum absolute atomic E-state index is 0.0831. The summed E-state index contributed by atoms with van der Waals surface area (Å²) in [5.41, 5.74) is 1.52. The molecule has 4 N–H and O–H groups in total. The van der Waals surface area contributed by atoms with Crippen LogP contribution >= 0.6 is 0 Å². The summed E-state index contributed by atoms with van der Waals surface area (Å²) < 4.78 is 5.51. The van der Waals surface area contributed by atoms with Crippen LogP contribution < -0.4 is 5.32 Å². The van der Waals surface area contributed by atoms with Crippen molar-refractivity contribution in [2.24, 2.45) is 10.6 Å². The van der Waals surface area contributed by atoms with Gasteiger partial charge in [0, 0.05) is 43.7 Å². The van der Waals surface area contributed by atoms with Gasteiger partial charge in [0.2, 0.25) is 5.91 Å². The summed E-state index contributed by atoms with van der Waals surface area (Å²) in [6.45, 7) is 8.00. The van der Waals surface area contributed by atoms with E-state index in [-0.39, 0.29) is 11.6 Å². The van der Waals surface area contributed by atoms with Gasteiger partial charge in [0.05, 0.1) is 6.10 Å². The van der Waals surface area contributed by atoms with Gasteiger partial charge < -0.3 is 35.0 Å². The third kappa shape index (κ3) is 6.63. The van der Waals surface area contributed by atoms with E-state index in [0.29, 0.717) is 19.5 Å². The van der Waals surface area contributed by atoms with Crippen LogP contribution in [0.3, 0.4) is 0 Å². The average molecular weight is 503 g/mol. The van der Waals surface area contributed by atoms with Crippen LogP contribution in [0.25, 0.3) is 10.9 Å². The van der Waals surface area contributed by atoms with Crippen molar-refractivity contribution in [2.75, 3.05) is 26.8 Å². The van der Waals surface area contributed by atoms with E-state index in [4.69, 9.17) is 9.57 Å². The van der Waals surface area contributed by atoms with Gasteiger partial charge in [-0.05, 0) is 30.4 Å². The van der Waals surface area contributed by atoms with E-state index in [2.05, 4.69) is 15.5 Å². The number of carbonyl (C=O) groups is 2. The first-order valence-electron chi connectivity index (χ1n) is 12.2. The highest BCUT2D eigenvalue weighted by molar-refractivity contribution is 5.93. The van der Waals surface area contributed by atoms with Gasteiger partial charge in [-0.2, -0.15) is 0 Å². The second-order valence-corrected chi connectivity index (χ2v) is 10.3. The standard InChI is InChI=1S/C26H38N4O6/c1-16(31)23(33)22(24(35-5)26(2,3)4)29-36-15-21(32)28-20(25(34)30-11-8-12-30)13-17-14-27-19-10-7-6-9-18(17)19/h6-7,9-10,14,16,20,23-24,27,31,33H,8,11-13,15H2,1-5H3,(H,28,32)/b29-22+/t16?,20?,23?,24-/m1/s1. The lowest BCUT2D eigenvalue weighted by atomic mass is 9.83. The van der Waals surface area contributed by atoms with Crippen LogP contribution in [0.4, 0.5) is 0 Å². The van der Waals surface area contributed by atoms with E-state index in [9.17, 15) is 19.8 Å². The Morgan fingerprint density at radius 2 is 1.92 bits per heavy atom. The molecule has 2 heterocycles. The maximum Gasteiger partial charge on any atom is 0.261 e. The fourth-order valence-electron chi connectivity index (χ4n) is 4.30. The summed E-state index contributed by atoms with van der Waals surface area (Å²) in [5, 5.41) is 28.1. The lowest BCUT2D eigenvalue weighted by Crippen LogP contribution is -2.54. The Bertz CT molecular complexity index is 1070. The Balaban J connectivity index is 1.72. The van der Waals surface area contributed by atoms with Crippen molar-refractivity contribution in [3.63, 3.8) is 0 Å². The largest absolute Gasteiger partial charge is 0.390 e. The van der Waals surface area contributed by atoms with E-state index in [0.717, 1.165) is 22.9 Å². The van der Waals surface area contributed by atoms with E-state index in [1.807, 2.05) is 51.2 Å². The lowest BCUT2D eigenvalue weighted by molar-refractivity contribution is -0.140. The van der Waals surface area contributed by atoms with Crippen LogP contribution in [-0.2, 0) is 25.6 Å². The smallest absolute Gasteiger partial charge is 0.261 e. The third-order valence-electron chi connectivity index (χ3n) is 6.32. The molecule has 4 atom stereocenters. The van der Waals surface area contributed by atoms with Crippen molar-refractivity contribution >= 4 is 28.4 Å². The first-order chi connectivity index (χ1) is 17.0. The molecule has 0 saturated carbocycles. The summed E-state index contributed by atoms with van der Waals surface area (Å²) in [4.78, 5) is 36.1. The molecule has 0 aliphatic carbocycles. The number of nitrogens with one attached hydrogen (secondary N) is 2. The minimum Gasteiger partial charge on any atom is -0.390 e. The number of oxime groups is 1. The van der Waals surface area contributed by atoms with Gasteiger partial charge in [0.25, 0.3) is 5.91 Å². The normalized spacial score (nSPS) is 17.8. The van der Waals surface area contributed by atoms with E-state index < -0.39 is 42.3 Å². The molecule has 10 heteroatoms. The van der Waals surface area contributed by atoms with Crippen LogP contribution in [0, 0.1) is 5.41 Å². The number of fused-ring (bicyclic) bond motifs is 1. The van der Waals surface area contributed by atoms with E-state index in [1.165, 1.54) is 14.0 Å². The van der Waals surface area contributed by atoms with E-state index >= 15 is 0 Å². The molecule has 36 heavy (non-hydrogen) atoms. The second kappa shape index (κ2) is 11.9. The van der Waals surface area contributed by atoms with Crippen molar-refractivity contribution in [1.29, 1.82) is 0 Å². The van der Waals surface area contributed by atoms with Crippen LogP contribution in [0.1, 0.15) is 39.7 Å². The van der Waals surface area contributed by atoms with Gasteiger partial charge in [-0.15, -0.1) is 0 Å². The number of rotatable bonds is 11. The fourth-order valence-corrected chi connectivity index (χ4v) is 4.30. The lowest BCUT2D eigenvalue weighted by Gasteiger charge is -2.34. The summed E-state index contributed by atoms with van der Waals surface area (Å²) in [6.07, 6.45) is 0.0225. The highest BCUT2D eigenvalue weighted by atomic mass is 16.6. The number of hydrogen-bond donors (Lipinski definition) is 4. The Hall–Kier alpha value is -2.95. The molecule has 2 amide bonds. The summed E-state index contributed by atoms with van der Waals surface area (Å²) in [5.74, 6) is -0.658. The quantitative estimate of drug-likeness (QED) is 0.272. The molecule has 1 saturated heterocycles. The average Bonchev–Trinajstić information content (AvgIpc) is 3.18. The van der Waals surface area contributed by atoms with Gasteiger partial charge in [-0.25, -0.2) is 0 Å². The number of para-hydroxylation sites is 1. The zero-order valence-corrected chi connectivity index (χ0v) is 21.7. The Morgan fingerprint density at radius 3 is 2.50 bits per heavy atom. The summed E-state index contributed by atoms with van der Waals surface area (Å²) >= 11 is 0. The van der Waals surface area contributed by atoms with Gasteiger partial charge in [-0.1, -0.05) is 44.1 Å².